The number of carbonyl (C=O) groups excluding carboxylic acids is 2. The Kier molecular flexibility index (Phi) is 6.91. The zero-order chi connectivity index (χ0) is 25.8. The minimum atomic E-state index is -0.424. The second-order valence-electron chi connectivity index (χ2n) is 8.30. The van der Waals surface area contributed by atoms with Gasteiger partial charge in [-0.3, -0.25) is 14.2 Å². The Morgan fingerprint density at radius 1 is 0.919 bits per heavy atom. The predicted octanol–water partition coefficient (Wildman–Crippen LogP) is 5.61. The summed E-state index contributed by atoms with van der Waals surface area (Å²) in [5, 5.41) is 5.16. The van der Waals surface area contributed by atoms with Gasteiger partial charge in [-0.15, -0.1) is 11.3 Å². The average Bonchev–Trinajstić information content (AvgIpc) is 3.36. The molecule has 0 saturated heterocycles. The lowest BCUT2D eigenvalue weighted by Gasteiger charge is -2.09. The number of thiophene rings is 1. The third-order valence-electron chi connectivity index (χ3n) is 5.86. The molecule has 1 amide bonds. The van der Waals surface area contributed by atoms with Crippen LogP contribution in [0.3, 0.4) is 0 Å². The van der Waals surface area contributed by atoms with Gasteiger partial charge in [0.1, 0.15) is 11.4 Å². The molecule has 5 aromatic rings. The lowest BCUT2D eigenvalue weighted by molar-refractivity contribution is -0.116. The molecule has 8 heteroatoms. The van der Waals surface area contributed by atoms with E-state index in [1.165, 1.54) is 22.2 Å². The maximum absolute atomic E-state index is 13.3. The van der Waals surface area contributed by atoms with Crippen molar-refractivity contribution in [3.05, 3.63) is 106 Å². The van der Waals surface area contributed by atoms with E-state index in [1.807, 2.05) is 47.8 Å². The molecule has 0 bridgehead atoms. The summed E-state index contributed by atoms with van der Waals surface area (Å²) in [4.78, 5) is 42.8. The van der Waals surface area contributed by atoms with Gasteiger partial charge in [0.05, 0.1) is 23.9 Å². The first-order valence-electron chi connectivity index (χ1n) is 11.7. The highest BCUT2D eigenvalue weighted by molar-refractivity contribution is 7.17. The molecular weight excluding hydrogens is 486 g/mol. The predicted molar refractivity (Wildman–Crippen MR) is 146 cm³/mol. The molecule has 0 radical (unpaired) electrons. The Morgan fingerprint density at radius 2 is 1.59 bits per heavy atom. The van der Waals surface area contributed by atoms with Crippen molar-refractivity contribution in [2.45, 2.75) is 13.5 Å². The average molecular weight is 510 g/mol. The number of nitrogens with zero attached hydrogens (tertiary/aromatic N) is 2. The summed E-state index contributed by atoms with van der Waals surface area (Å²) in [6, 6.07) is 24.5. The number of carbonyl (C=O) groups is 2. The number of ether oxygens (including phenoxy) is 1. The number of benzene rings is 3. The molecule has 1 N–H and O–H groups in total. The summed E-state index contributed by atoms with van der Waals surface area (Å²) in [6.07, 6.45) is 1.40. The summed E-state index contributed by atoms with van der Waals surface area (Å²) in [5.74, 6) is -0.802. The van der Waals surface area contributed by atoms with Crippen LogP contribution in [-0.4, -0.2) is 28.0 Å². The van der Waals surface area contributed by atoms with Crippen LogP contribution in [0.25, 0.3) is 32.5 Å². The lowest BCUT2D eigenvalue weighted by Crippen LogP contribution is -2.27. The summed E-state index contributed by atoms with van der Waals surface area (Å²) in [6.45, 7) is 1.83. The smallest absolute Gasteiger partial charge is 0.338 e. The van der Waals surface area contributed by atoms with Crippen molar-refractivity contribution in [3.63, 3.8) is 0 Å². The van der Waals surface area contributed by atoms with Gasteiger partial charge in [0.25, 0.3) is 5.56 Å². The van der Waals surface area contributed by atoms with E-state index in [0.29, 0.717) is 21.5 Å². The van der Waals surface area contributed by atoms with Crippen LogP contribution in [0.1, 0.15) is 17.3 Å². The Hall–Kier alpha value is -4.56. The van der Waals surface area contributed by atoms with Crippen molar-refractivity contribution in [3.8, 4) is 22.3 Å². The summed E-state index contributed by atoms with van der Waals surface area (Å²) < 4.78 is 6.27. The van der Waals surface area contributed by atoms with Gasteiger partial charge in [0.2, 0.25) is 5.91 Å². The molecule has 0 atom stereocenters. The van der Waals surface area contributed by atoms with Crippen LogP contribution >= 0.6 is 11.3 Å². The molecule has 0 aliphatic carbocycles. The monoisotopic (exact) mass is 509 g/mol. The van der Waals surface area contributed by atoms with Gasteiger partial charge in [0.15, 0.2) is 0 Å². The van der Waals surface area contributed by atoms with E-state index < -0.39 is 5.97 Å². The van der Waals surface area contributed by atoms with Crippen molar-refractivity contribution < 1.29 is 14.3 Å². The fourth-order valence-corrected chi connectivity index (χ4v) is 4.93. The second kappa shape index (κ2) is 10.6. The number of hydrogen-bond donors (Lipinski definition) is 1. The van der Waals surface area contributed by atoms with Crippen molar-refractivity contribution in [2.75, 3.05) is 11.9 Å². The van der Waals surface area contributed by atoms with Gasteiger partial charge >= 0.3 is 5.97 Å². The standard InChI is InChI=1S/C29H23N3O4S/c1-2-36-29(35)22-12-14-23(15-13-22)31-25(33)16-32-18-30-27-26(28(32)34)24(17-37-27)21-10-8-20(9-11-21)19-6-4-3-5-7-19/h3-15,17-18H,2,16H2,1H3,(H,31,33). The van der Waals surface area contributed by atoms with E-state index in [9.17, 15) is 14.4 Å². The number of aromatic nitrogens is 2. The highest BCUT2D eigenvalue weighted by atomic mass is 32.1. The number of esters is 1. The van der Waals surface area contributed by atoms with Gasteiger partial charge in [-0.25, -0.2) is 9.78 Å². The first kappa shape index (κ1) is 24.1. The molecule has 37 heavy (non-hydrogen) atoms. The fraction of sp³-hybridized carbons (Fsp3) is 0.103. The molecule has 0 fully saturated rings. The molecule has 0 aliphatic heterocycles. The Morgan fingerprint density at radius 3 is 2.30 bits per heavy atom. The molecule has 0 aliphatic rings. The molecule has 5 rings (SSSR count). The van der Waals surface area contributed by atoms with E-state index in [-0.39, 0.29) is 24.6 Å². The van der Waals surface area contributed by atoms with E-state index in [2.05, 4.69) is 22.4 Å². The second-order valence-corrected chi connectivity index (χ2v) is 9.15. The van der Waals surface area contributed by atoms with Crippen LogP contribution in [0.15, 0.2) is 95.4 Å². The SMILES string of the molecule is CCOC(=O)c1ccc(NC(=O)Cn2cnc3scc(-c4ccc(-c5ccccc5)cc4)c3c2=O)cc1. The third kappa shape index (κ3) is 5.19. The number of anilines is 1. The van der Waals surface area contributed by atoms with Crippen molar-refractivity contribution in [1.29, 1.82) is 0 Å². The third-order valence-corrected chi connectivity index (χ3v) is 6.74. The summed E-state index contributed by atoms with van der Waals surface area (Å²) >= 11 is 1.40. The zero-order valence-electron chi connectivity index (χ0n) is 20.0. The van der Waals surface area contributed by atoms with E-state index in [0.717, 1.165) is 22.3 Å². The number of hydrogen-bond acceptors (Lipinski definition) is 6. The number of rotatable bonds is 7. The van der Waals surface area contributed by atoms with Crippen LogP contribution in [-0.2, 0) is 16.1 Å². The Labute approximate surface area is 217 Å². The Balaban J connectivity index is 1.35. The molecule has 0 spiro atoms. The normalized spacial score (nSPS) is 10.8. The largest absolute Gasteiger partial charge is 0.462 e. The first-order chi connectivity index (χ1) is 18.0. The molecular formula is C29H23N3O4S. The summed E-state index contributed by atoms with van der Waals surface area (Å²) in [5.41, 5.74) is 4.54. The maximum Gasteiger partial charge on any atom is 0.338 e. The highest BCUT2D eigenvalue weighted by Crippen LogP contribution is 2.32. The lowest BCUT2D eigenvalue weighted by atomic mass is 10.0. The van der Waals surface area contributed by atoms with Crippen molar-refractivity contribution in [1.82, 2.24) is 9.55 Å². The van der Waals surface area contributed by atoms with Gasteiger partial charge in [-0.1, -0.05) is 54.6 Å². The minimum absolute atomic E-state index is 0.191. The fourth-order valence-electron chi connectivity index (χ4n) is 4.02. The van der Waals surface area contributed by atoms with E-state index >= 15 is 0 Å². The number of fused-ring (bicyclic) bond motifs is 1. The van der Waals surface area contributed by atoms with E-state index in [4.69, 9.17) is 4.74 Å². The highest BCUT2D eigenvalue weighted by Gasteiger charge is 2.15. The molecule has 0 unspecified atom stereocenters. The summed E-state index contributed by atoms with van der Waals surface area (Å²) in [7, 11) is 0. The minimum Gasteiger partial charge on any atom is -0.462 e. The zero-order valence-corrected chi connectivity index (χ0v) is 20.8. The van der Waals surface area contributed by atoms with Crippen molar-refractivity contribution in [2.24, 2.45) is 0 Å². The quantitative estimate of drug-likeness (QED) is 0.288. The van der Waals surface area contributed by atoms with Gasteiger partial charge < -0.3 is 10.1 Å². The Bertz CT molecular complexity index is 1620. The number of amides is 1. The first-order valence-corrected chi connectivity index (χ1v) is 12.6. The van der Waals surface area contributed by atoms with Crippen LogP contribution in [0, 0.1) is 0 Å². The molecule has 2 aromatic heterocycles. The molecule has 0 saturated carbocycles. The van der Waals surface area contributed by atoms with Gasteiger partial charge in [0, 0.05) is 16.6 Å². The molecule has 184 valence electrons. The van der Waals surface area contributed by atoms with Crippen LogP contribution in [0.4, 0.5) is 5.69 Å². The van der Waals surface area contributed by atoms with Gasteiger partial charge in [-0.2, -0.15) is 0 Å². The van der Waals surface area contributed by atoms with E-state index in [1.54, 1.807) is 31.2 Å². The molecule has 2 heterocycles. The van der Waals surface area contributed by atoms with Gasteiger partial charge in [-0.05, 0) is 47.9 Å². The molecule has 3 aromatic carbocycles. The van der Waals surface area contributed by atoms with Crippen LogP contribution in [0.2, 0.25) is 0 Å². The maximum atomic E-state index is 13.3. The van der Waals surface area contributed by atoms with Crippen molar-refractivity contribution >= 4 is 39.1 Å². The molecule has 7 nitrogen and oxygen atoms in total. The van der Waals surface area contributed by atoms with Crippen LogP contribution in [0.5, 0.6) is 0 Å². The topological polar surface area (TPSA) is 90.3 Å². The van der Waals surface area contributed by atoms with Crippen LogP contribution < -0.4 is 10.9 Å². The number of nitrogens with one attached hydrogen (secondary N) is 1.